The summed E-state index contributed by atoms with van der Waals surface area (Å²) in [5, 5.41) is 10.5. The highest BCUT2D eigenvalue weighted by Gasteiger charge is 2.13. The van der Waals surface area contributed by atoms with Crippen molar-refractivity contribution in [3.8, 4) is 17.0 Å². The summed E-state index contributed by atoms with van der Waals surface area (Å²) in [6.45, 7) is 0. The maximum Gasteiger partial charge on any atom is 0.159 e. The molecule has 3 nitrogen and oxygen atoms in total. The zero-order chi connectivity index (χ0) is 14.1. The largest absolute Gasteiger partial charge is 0.496 e. The molecule has 1 heterocycles. The van der Waals surface area contributed by atoms with Crippen LogP contribution in [-0.4, -0.2) is 17.3 Å². The lowest BCUT2D eigenvalue weighted by Crippen LogP contribution is -1.94. The number of hydrogen-bond donors (Lipinski definition) is 0. The SMILES string of the molecule is COc1cc(Br)ccc1-c1nnc(Cl)c2ccccc12. The number of halogens is 2. The van der Waals surface area contributed by atoms with Crippen LogP contribution >= 0.6 is 27.5 Å². The van der Waals surface area contributed by atoms with Crippen molar-refractivity contribution in [1.82, 2.24) is 10.2 Å². The van der Waals surface area contributed by atoms with Crippen molar-refractivity contribution in [2.45, 2.75) is 0 Å². The number of fused-ring (bicyclic) bond motifs is 1. The van der Waals surface area contributed by atoms with E-state index in [1.165, 1.54) is 0 Å². The van der Waals surface area contributed by atoms with Gasteiger partial charge in [0.2, 0.25) is 0 Å². The normalized spacial score (nSPS) is 10.8. The summed E-state index contributed by atoms with van der Waals surface area (Å²) in [7, 11) is 1.64. The van der Waals surface area contributed by atoms with Crippen molar-refractivity contribution in [3.63, 3.8) is 0 Å². The monoisotopic (exact) mass is 348 g/mol. The molecule has 0 saturated heterocycles. The molecule has 0 radical (unpaired) electrons. The Kier molecular flexibility index (Phi) is 3.59. The second-order valence-corrected chi connectivity index (χ2v) is 5.50. The predicted molar refractivity (Wildman–Crippen MR) is 84.2 cm³/mol. The molecule has 0 bridgehead atoms. The molecule has 0 saturated carbocycles. The minimum absolute atomic E-state index is 0.403. The quantitative estimate of drug-likeness (QED) is 0.671. The zero-order valence-electron chi connectivity index (χ0n) is 10.6. The fourth-order valence-corrected chi connectivity index (χ4v) is 2.67. The molecule has 0 N–H and O–H groups in total. The van der Waals surface area contributed by atoms with Gasteiger partial charge in [-0.05, 0) is 18.2 Å². The van der Waals surface area contributed by atoms with Crippen molar-refractivity contribution in [1.29, 1.82) is 0 Å². The van der Waals surface area contributed by atoms with Gasteiger partial charge in [0.15, 0.2) is 5.15 Å². The van der Waals surface area contributed by atoms with Gasteiger partial charge < -0.3 is 4.74 Å². The fraction of sp³-hybridized carbons (Fsp3) is 0.0667. The van der Waals surface area contributed by atoms with Crippen molar-refractivity contribution in [2.24, 2.45) is 0 Å². The van der Waals surface area contributed by atoms with Crippen molar-refractivity contribution < 1.29 is 4.74 Å². The number of hydrogen-bond acceptors (Lipinski definition) is 3. The first kappa shape index (κ1) is 13.3. The molecule has 100 valence electrons. The van der Waals surface area contributed by atoms with E-state index < -0.39 is 0 Å². The lowest BCUT2D eigenvalue weighted by Gasteiger charge is -2.10. The average molecular weight is 350 g/mol. The van der Waals surface area contributed by atoms with Crippen LogP contribution in [0.1, 0.15) is 0 Å². The molecular weight excluding hydrogens is 340 g/mol. The Morgan fingerprint density at radius 3 is 2.55 bits per heavy atom. The van der Waals surface area contributed by atoms with Crippen LogP contribution in [0.5, 0.6) is 5.75 Å². The summed E-state index contributed by atoms with van der Waals surface area (Å²) in [6.07, 6.45) is 0. The molecule has 0 unspecified atom stereocenters. The summed E-state index contributed by atoms with van der Waals surface area (Å²) < 4.78 is 6.38. The Hall–Kier alpha value is -1.65. The number of rotatable bonds is 2. The third kappa shape index (κ3) is 2.25. The molecular formula is C15H10BrClN2O. The molecule has 1 aromatic heterocycles. The van der Waals surface area contributed by atoms with Gasteiger partial charge in [-0.15, -0.1) is 10.2 Å². The average Bonchev–Trinajstić information content (AvgIpc) is 2.48. The maximum atomic E-state index is 6.10. The number of ether oxygens (including phenoxy) is 1. The van der Waals surface area contributed by atoms with Crippen LogP contribution in [-0.2, 0) is 0 Å². The van der Waals surface area contributed by atoms with Gasteiger partial charge in [-0.3, -0.25) is 0 Å². The van der Waals surface area contributed by atoms with E-state index in [-0.39, 0.29) is 0 Å². The Labute approximate surface area is 129 Å². The molecule has 0 fully saturated rings. The molecule has 5 heteroatoms. The van der Waals surface area contributed by atoms with E-state index >= 15 is 0 Å². The first-order valence-corrected chi connectivity index (χ1v) is 7.12. The highest BCUT2D eigenvalue weighted by Crippen LogP contribution is 2.36. The van der Waals surface area contributed by atoms with Crippen LogP contribution in [0.4, 0.5) is 0 Å². The number of methoxy groups -OCH3 is 1. The van der Waals surface area contributed by atoms with Crippen LogP contribution in [0.25, 0.3) is 22.0 Å². The Morgan fingerprint density at radius 2 is 1.80 bits per heavy atom. The second-order valence-electron chi connectivity index (χ2n) is 4.23. The molecule has 0 aliphatic heterocycles. The Morgan fingerprint density at radius 1 is 1.05 bits per heavy atom. The second kappa shape index (κ2) is 5.38. The van der Waals surface area contributed by atoms with Crippen molar-refractivity contribution >= 4 is 38.3 Å². The molecule has 3 rings (SSSR count). The van der Waals surface area contributed by atoms with Crippen LogP contribution in [0.2, 0.25) is 5.15 Å². The van der Waals surface area contributed by atoms with E-state index in [0.717, 1.165) is 32.3 Å². The number of aromatic nitrogens is 2. The molecule has 0 amide bonds. The van der Waals surface area contributed by atoms with Gasteiger partial charge in [-0.25, -0.2) is 0 Å². The van der Waals surface area contributed by atoms with Crippen LogP contribution in [0, 0.1) is 0 Å². The third-order valence-corrected chi connectivity index (χ3v) is 3.83. The molecule has 0 aliphatic rings. The van der Waals surface area contributed by atoms with E-state index in [1.807, 2.05) is 42.5 Å². The fourth-order valence-electron chi connectivity index (χ4n) is 2.13. The maximum absolute atomic E-state index is 6.10. The summed E-state index contributed by atoms with van der Waals surface area (Å²) in [5.41, 5.74) is 1.64. The lowest BCUT2D eigenvalue weighted by molar-refractivity contribution is 0.416. The molecule has 2 aromatic carbocycles. The van der Waals surface area contributed by atoms with E-state index in [9.17, 15) is 0 Å². The summed E-state index contributed by atoms with van der Waals surface area (Å²) in [4.78, 5) is 0. The number of nitrogens with zero attached hydrogens (tertiary/aromatic N) is 2. The summed E-state index contributed by atoms with van der Waals surface area (Å²) >= 11 is 9.54. The zero-order valence-corrected chi connectivity index (χ0v) is 12.9. The highest BCUT2D eigenvalue weighted by atomic mass is 79.9. The molecule has 3 aromatic rings. The third-order valence-electron chi connectivity index (χ3n) is 3.06. The van der Waals surface area contributed by atoms with Gasteiger partial charge in [0.05, 0.1) is 7.11 Å². The smallest absolute Gasteiger partial charge is 0.159 e. The first-order chi connectivity index (χ1) is 9.70. The van der Waals surface area contributed by atoms with Crippen molar-refractivity contribution in [3.05, 3.63) is 52.1 Å². The molecule has 20 heavy (non-hydrogen) atoms. The van der Waals surface area contributed by atoms with E-state index in [0.29, 0.717) is 5.15 Å². The first-order valence-electron chi connectivity index (χ1n) is 5.95. The van der Waals surface area contributed by atoms with Gasteiger partial charge in [0.1, 0.15) is 11.4 Å². The molecule has 0 atom stereocenters. The van der Waals surface area contributed by atoms with Crippen LogP contribution in [0.3, 0.4) is 0 Å². The standard InChI is InChI=1S/C15H10BrClN2O/c1-20-13-8-9(16)6-7-12(13)14-10-4-2-3-5-11(10)15(17)19-18-14/h2-8H,1H3. The number of benzene rings is 2. The van der Waals surface area contributed by atoms with Gasteiger partial charge in [-0.2, -0.15) is 0 Å². The topological polar surface area (TPSA) is 35.0 Å². The van der Waals surface area contributed by atoms with Crippen LogP contribution in [0.15, 0.2) is 46.9 Å². The van der Waals surface area contributed by atoms with Gasteiger partial charge in [-0.1, -0.05) is 51.8 Å². The Bertz CT molecular complexity index is 792. The highest BCUT2D eigenvalue weighted by molar-refractivity contribution is 9.10. The van der Waals surface area contributed by atoms with Gasteiger partial charge in [0, 0.05) is 20.8 Å². The van der Waals surface area contributed by atoms with Gasteiger partial charge in [0.25, 0.3) is 0 Å². The van der Waals surface area contributed by atoms with E-state index in [4.69, 9.17) is 16.3 Å². The predicted octanol–water partition coefficient (Wildman–Crippen LogP) is 4.72. The van der Waals surface area contributed by atoms with E-state index in [1.54, 1.807) is 7.11 Å². The minimum Gasteiger partial charge on any atom is -0.496 e. The van der Waals surface area contributed by atoms with Gasteiger partial charge >= 0.3 is 0 Å². The van der Waals surface area contributed by atoms with Crippen LogP contribution < -0.4 is 4.74 Å². The molecule has 0 aliphatic carbocycles. The minimum atomic E-state index is 0.403. The Balaban J connectivity index is 2.33. The van der Waals surface area contributed by atoms with Crippen molar-refractivity contribution in [2.75, 3.05) is 7.11 Å². The molecule has 0 spiro atoms. The lowest BCUT2D eigenvalue weighted by atomic mass is 10.0. The summed E-state index contributed by atoms with van der Waals surface area (Å²) in [5.74, 6) is 0.737. The summed E-state index contributed by atoms with van der Waals surface area (Å²) in [6, 6.07) is 13.6. The van der Waals surface area contributed by atoms with E-state index in [2.05, 4.69) is 26.1 Å².